The zero-order chi connectivity index (χ0) is 12.7. The highest BCUT2D eigenvalue weighted by molar-refractivity contribution is 6.07. The van der Waals surface area contributed by atoms with Gasteiger partial charge in [0.05, 0.1) is 6.20 Å². The molecule has 0 atom stereocenters. The van der Waals surface area contributed by atoms with Crippen LogP contribution in [0.15, 0.2) is 18.5 Å². The van der Waals surface area contributed by atoms with E-state index in [1.165, 1.54) is 15.6 Å². The van der Waals surface area contributed by atoms with Gasteiger partial charge < -0.3 is 5.73 Å². The van der Waals surface area contributed by atoms with Crippen LogP contribution in [0.25, 0.3) is 5.65 Å². The minimum atomic E-state index is -0.467. The number of carbonyl (C=O) groups excluding carboxylic acids is 2. The number of fused-ring (bicyclic) bond motifs is 1. The van der Waals surface area contributed by atoms with E-state index in [9.17, 15) is 9.59 Å². The Labute approximate surface area is 101 Å². The molecule has 1 saturated heterocycles. The van der Waals surface area contributed by atoms with Gasteiger partial charge in [0.1, 0.15) is 11.5 Å². The molecular formula is C10H10N6O2. The molecule has 1 aliphatic heterocycles. The Morgan fingerprint density at radius 3 is 3.00 bits per heavy atom. The molecule has 0 radical (unpaired) electrons. The first-order valence-electron chi connectivity index (χ1n) is 5.36. The van der Waals surface area contributed by atoms with E-state index in [0.29, 0.717) is 23.7 Å². The Balaban J connectivity index is 2.07. The third-order valence-corrected chi connectivity index (χ3v) is 2.76. The highest BCUT2D eigenvalue weighted by atomic mass is 16.2. The van der Waals surface area contributed by atoms with E-state index in [2.05, 4.69) is 15.4 Å². The van der Waals surface area contributed by atoms with E-state index in [-0.39, 0.29) is 12.3 Å². The van der Waals surface area contributed by atoms with Crippen molar-refractivity contribution in [3.8, 4) is 0 Å². The monoisotopic (exact) mass is 246 g/mol. The molecule has 1 aliphatic rings. The molecule has 8 heteroatoms. The number of hydrogen-bond acceptors (Lipinski definition) is 5. The van der Waals surface area contributed by atoms with Crippen LogP contribution in [0.3, 0.4) is 0 Å². The molecule has 8 nitrogen and oxygen atoms in total. The Bertz CT molecular complexity index is 649. The second-order valence-electron chi connectivity index (χ2n) is 3.89. The lowest BCUT2D eigenvalue weighted by Gasteiger charge is -2.25. The maximum absolute atomic E-state index is 11.7. The smallest absolute Gasteiger partial charge is 0.328 e. The number of nitrogen functional groups attached to an aromatic ring is 1. The highest BCUT2D eigenvalue weighted by Gasteiger charge is 2.27. The number of rotatable bonds is 1. The zero-order valence-electron chi connectivity index (χ0n) is 9.33. The molecule has 18 heavy (non-hydrogen) atoms. The summed E-state index contributed by atoms with van der Waals surface area (Å²) in [7, 11) is 0. The summed E-state index contributed by atoms with van der Waals surface area (Å²) in [5, 5.41) is 6.32. The lowest BCUT2D eigenvalue weighted by Crippen LogP contribution is -2.49. The van der Waals surface area contributed by atoms with Gasteiger partial charge in [-0.15, -0.1) is 0 Å². The number of amides is 3. The molecule has 0 bridgehead atoms. The van der Waals surface area contributed by atoms with Crippen LogP contribution in [0.5, 0.6) is 0 Å². The summed E-state index contributed by atoms with van der Waals surface area (Å²) in [5.74, 6) is 0.153. The molecule has 3 rings (SSSR count). The Morgan fingerprint density at radius 1 is 1.39 bits per heavy atom. The van der Waals surface area contributed by atoms with Gasteiger partial charge in [-0.1, -0.05) is 0 Å². The molecule has 0 spiro atoms. The largest absolute Gasteiger partial charge is 0.384 e. The average molecular weight is 246 g/mol. The first-order valence-corrected chi connectivity index (χ1v) is 5.36. The molecule has 3 N–H and O–H groups in total. The van der Waals surface area contributed by atoms with Gasteiger partial charge in [0, 0.05) is 19.2 Å². The number of imide groups is 1. The predicted molar refractivity (Wildman–Crippen MR) is 62.9 cm³/mol. The topological polar surface area (TPSA) is 106 Å². The number of nitrogens with two attached hydrogens (primary N) is 1. The van der Waals surface area contributed by atoms with E-state index in [1.54, 1.807) is 12.3 Å². The van der Waals surface area contributed by atoms with Crippen LogP contribution in [0.1, 0.15) is 6.42 Å². The van der Waals surface area contributed by atoms with Crippen LogP contribution in [-0.4, -0.2) is 33.1 Å². The maximum Gasteiger partial charge on any atom is 0.328 e. The fraction of sp³-hybridized carbons (Fsp3) is 0.200. The molecule has 0 unspecified atom stereocenters. The van der Waals surface area contributed by atoms with Crippen molar-refractivity contribution in [2.45, 2.75) is 6.42 Å². The van der Waals surface area contributed by atoms with Crippen molar-refractivity contribution in [1.29, 1.82) is 0 Å². The second kappa shape index (κ2) is 3.69. The van der Waals surface area contributed by atoms with E-state index in [4.69, 9.17) is 5.73 Å². The third kappa shape index (κ3) is 1.46. The number of nitrogens with zero attached hydrogens (tertiary/aromatic N) is 4. The Hall–Kier alpha value is -2.64. The minimum Gasteiger partial charge on any atom is -0.384 e. The van der Waals surface area contributed by atoms with Gasteiger partial charge in [0.15, 0.2) is 5.65 Å². The minimum absolute atomic E-state index is 0.255. The van der Waals surface area contributed by atoms with Crippen LogP contribution in [-0.2, 0) is 4.79 Å². The van der Waals surface area contributed by atoms with Crippen molar-refractivity contribution in [3.05, 3.63) is 18.5 Å². The number of hydrogen-bond donors (Lipinski definition) is 2. The highest BCUT2D eigenvalue weighted by Crippen LogP contribution is 2.22. The number of urea groups is 1. The van der Waals surface area contributed by atoms with Gasteiger partial charge in [-0.2, -0.15) is 9.61 Å². The van der Waals surface area contributed by atoms with Crippen molar-refractivity contribution in [1.82, 2.24) is 19.9 Å². The normalized spacial score (nSPS) is 16.1. The summed E-state index contributed by atoms with van der Waals surface area (Å²) in [4.78, 5) is 28.4. The van der Waals surface area contributed by atoms with Crippen molar-refractivity contribution in [2.24, 2.45) is 0 Å². The standard InChI is InChI=1S/C10H10N6O2/c11-7-1-3-12-9-6(5-13-16(7)9)15-4-2-8(17)14-10(15)18/h1,3,5H,2,4,11H2,(H,14,17,18). The fourth-order valence-corrected chi connectivity index (χ4v) is 1.88. The van der Waals surface area contributed by atoms with Crippen LogP contribution >= 0.6 is 0 Å². The summed E-state index contributed by atoms with van der Waals surface area (Å²) in [6, 6.07) is 1.15. The molecule has 0 aromatic carbocycles. The SMILES string of the molecule is Nc1ccnc2c(N3CCC(=O)NC3=O)cnn12. The molecule has 0 aliphatic carbocycles. The van der Waals surface area contributed by atoms with Crippen LogP contribution in [0.2, 0.25) is 0 Å². The van der Waals surface area contributed by atoms with Crippen molar-refractivity contribution in [3.63, 3.8) is 0 Å². The predicted octanol–water partition coefficient (Wildman–Crippen LogP) is -0.242. The average Bonchev–Trinajstić information content (AvgIpc) is 2.74. The molecule has 2 aromatic rings. The lowest BCUT2D eigenvalue weighted by molar-refractivity contribution is -0.120. The van der Waals surface area contributed by atoms with E-state index >= 15 is 0 Å². The molecule has 92 valence electrons. The van der Waals surface area contributed by atoms with Gasteiger partial charge in [-0.05, 0) is 6.07 Å². The van der Waals surface area contributed by atoms with E-state index < -0.39 is 6.03 Å². The molecule has 2 aromatic heterocycles. The maximum atomic E-state index is 11.7. The molecular weight excluding hydrogens is 236 g/mol. The van der Waals surface area contributed by atoms with Crippen LogP contribution < -0.4 is 16.0 Å². The Kier molecular flexibility index (Phi) is 2.15. The third-order valence-electron chi connectivity index (χ3n) is 2.76. The summed E-state index contributed by atoms with van der Waals surface area (Å²) in [6.45, 7) is 0.308. The molecule has 3 amide bonds. The number of carbonyl (C=O) groups is 2. The summed E-state index contributed by atoms with van der Waals surface area (Å²) >= 11 is 0. The van der Waals surface area contributed by atoms with E-state index in [1.807, 2.05) is 0 Å². The quantitative estimate of drug-likeness (QED) is 0.722. The van der Waals surface area contributed by atoms with E-state index in [0.717, 1.165) is 0 Å². The fourth-order valence-electron chi connectivity index (χ4n) is 1.88. The number of anilines is 2. The Morgan fingerprint density at radius 2 is 2.22 bits per heavy atom. The van der Waals surface area contributed by atoms with Crippen molar-refractivity contribution in [2.75, 3.05) is 17.2 Å². The van der Waals surface area contributed by atoms with Gasteiger partial charge in [-0.25, -0.2) is 9.78 Å². The molecule has 1 fully saturated rings. The van der Waals surface area contributed by atoms with Gasteiger partial charge in [0.2, 0.25) is 5.91 Å². The zero-order valence-corrected chi connectivity index (χ0v) is 9.33. The summed E-state index contributed by atoms with van der Waals surface area (Å²) in [5.41, 5.74) is 6.76. The molecule has 3 heterocycles. The number of aromatic nitrogens is 3. The van der Waals surface area contributed by atoms with Crippen LogP contribution in [0.4, 0.5) is 16.3 Å². The first-order chi connectivity index (χ1) is 8.66. The second-order valence-corrected chi connectivity index (χ2v) is 3.89. The van der Waals surface area contributed by atoms with Crippen molar-refractivity contribution >= 4 is 29.1 Å². The first kappa shape index (κ1) is 10.5. The van der Waals surface area contributed by atoms with Gasteiger partial charge >= 0.3 is 6.03 Å². The van der Waals surface area contributed by atoms with Gasteiger partial charge in [0.25, 0.3) is 0 Å². The number of nitrogens with one attached hydrogen (secondary N) is 1. The summed E-state index contributed by atoms with van der Waals surface area (Å²) in [6.07, 6.45) is 3.31. The van der Waals surface area contributed by atoms with Crippen LogP contribution in [0, 0.1) is 0 Å². The summed E-state index contributed by atoms with van der Waals surface area (Å²) < 4.78 is 1.44. The lowest BCUT2D eigenvalue weighted by atomic mass is 10.3. The van der Waals surface area contributed by atoms with Gasteiger partial charge in [-0.3, -0.25) is 15.0 Å². The molecule has 0 saturated carbocycles. The van der Waals surface area contributed by atoms with Crippen molar-refractivity contribution < 1.29 is 9.59 Å².